The molecular formula is C21H15ClO4. The zero-order valence-corrected chi connectivity index (χ0v) is 14.5. The predicted molar refractivity (Wildman–Crippen MR) is 99.3 cm³/mol. The van der Waals surface area contributed by atoms with Gasteiger partial charge in [-0.05, 0) is 40.9 Å². The van der Waals surface area contributed by atoms with Crippen molar-refractivity contribution in [3.8, 4) is 16.9 Å². The molecule has 0 N–H and O–H groups in total. The fourth-order valence-corrected chi connectivity index (χ4v) is 2.54. The van der Waals surface area contributed by atoms with Crippen molar-refractivity contribution in [2.24, 2.45) is 0 Å². The molecule has 0 spiro atoms. The highest BCUT2D eigenvalue weighted by Gasteiger charge is 2.15. The van der Waals surface area contributed by atoms with Crippen LogP contribution in [0, 0.1) is 0 Å². The molecule has 4 nitrogen and oxygen atoms in total. The molecule has 0 amide bonds. The Bertz CT molecular complexity index is 908. The van der Waals surface area contributed by atoms with Gasteiger partial charge in [0, 0.05) is 11.1 Å². The van der Waals surface area contributed by atoms with E-state index in [2.05, 4.69) is 0 Å². The second kappa shape index (κ2) is 8.32. The average Bonchev–Trinajstić information content (AvgIpc) is 2.68. The maximum Gasteiger partial charge on any atom is 0.514 e. The fourth-order valence-electron chi connectivity index (χ4n) is 2.42. The van der Waals surface area contributed by atoms with Gasteiger partial charge < -0.3 is 9.47 Å². The van der Waals surface area contributed by atoms with E-state index in [0.29, 0.717) is 5.56 Å². The number of carbonyl (C=O) groups excluding carboxylic acids is 2. The van der Waals surface area contributed by atoms with E-state index < -0.39 is 11.4 Å². The van der Waals surface area contributed by atoms with Gasteiger partial charge in [-0.15, -0.1) is 0 Å². The third-order valence-electron chi connectivity index (χ3n) is 3.69. The number of carbonyl (C=O) groups is 2. The lowest BCUT2D eigenvalue weighted by molar-refractivity contribution is 0.0927. The van der Waals surface area contributed by atoms with Crippen molar-refractivity contribution in [3.05, 3.63) is 90.0 Å². The Balaban J connectivity index is 1.81. The second-order valence-electron chi connectivity index (χ2n) is 5.48. The smallest absolute Gasteiger partial charge is 0.429 e. The maximum atomic E-state index is 12.1. The van der Waals surface area contributed by atoms with E-state index in [1.807, 2.05) is 60.7 Å². The van der Waals surface area contributed by atoms with Crippen LogP contribution in [0.3, 0.4) is 0 Å². The molecule has 3 aromatic carbocycles. The largest absolute Gasteiger partial charge is 0.514 e. The fraction of sp³-hybridized carbons (Fsp3) is 0.0476. The van der Waals surface area contributed by atoms with Crippen molar-refractivity contribution >= 4 is 23.0 Å². The van der Waals surface area contributed by atoms with Gasteiger partial charge in [0.2, 0.25) is 0 Å². The van der Waals surface area contributed by atoms with Crippen LogP contribution in [0.4, 0.5) is 4.79 Å². The lowest BCUT2D eigenvalue weighted by atomic mass is 10.0. The van der Waals surface area contributed by atoms with Crippen LogP contribution in [0.2, 0.25) is 0 Å². The first-order chi connectivity index (χ1) is 12.6. The standard InChI is InChI=1S/C21H15ClO4/c22-20(23)17-11-12-18(16-9-5-2-6-10-16)19(13-17)26-21(24)25-14-15-7-3-1-4-8-15/h1-13H,14H2. The molecule has 130 valence electrons. The summed E-state index contributed by atoms with van der Waals surface area (Å²) >= 11 is 5.54. The van der Waals surface area contributed by atoms with Crippen molar-refractivity contribution in [2.75, 3.05) is 0 Å². The summed E-state index contributed by atoms with van der Waals surface area (Å²) in [5, 5.41) is -0.632. The summed E-state index contributed by atoms with van der Waals surface area (Å²) in [7, 11) is 0. The second-order valence-corrected chi connectivity index (χ2v) is 5.82. The first-order valence-electron chi connectivity index (χ1n) is 7.91. The summed E-state index contributed by atoms with van der Waals surface area (Å²) in [5.41, 5.74) is 2.57. The minimum absolute atomic E-state index is 0.0917. The van der Waals surface area contributed by atoms with Crippen LogP contribution in [-0.2, 0) is 11.3 Å². The molecule has 0 fully saturated rings. The number of ether oxygens (including phenoxy) is 2. The topological polar surface area (TPSA) is 52.6 Å². The quantitative estimate of drug-likeness (QED) is 0.342. The third kappa shape index (κ3) is 4.49. The predicted octanol–water partition coefficient (Wildman–Crippen LogP) is 5.45. The van der Waals surface area contributed by atoms with Crippen LogP contribution < -0.4 is 4.74 Å². The number of hydrogen-bond acceptors (Lipinski definition) is 4. The molecule has 0 saturated carbocycles. The van der Waals surface area contributed by atoms with E-state index in [9.17, 15) is 9.59 Å². The van der Waals surface area contributed by atoms with Crippen molar-refractivity contribution in [1.29, 1.82) is 0 Å². The van der Waals surface area contributed by atoms with Crippen molar-refractivity contribution < 1.29 is 19.1 Å². The summed E-state index contributed by atoms with van der Waals surface area (Å²) < 4.78 is 10.5. The van der Waals surface area contributed by atoms with Gasteiger partial charge in [0.05, 0.1) is 0 Å². The van der Waals surface area contributed by atoms with Crippen LogP contribution in [0.5, 0.6) is 5.75 Å². The van der Waals surface area contributed by atoms with Gasteiger partial charge in [-0.2, -0.15) is 0 Å². The molecule has 0 heterocycles. The lowest BCUT2D eigenvalue weighted by Crippen LogP contribution is -2.11. The molecule has 5 heteroatoms. The van der Waals surface area contributed by atoms with Crippen molar-refractivity contribution in [2.45, 2.75) is 6.61 Å². The van der Waals surface area contributed by atoms with E-state index in [0.717, 1.165) is 11.1 Å². The number of benzene rings is 3. The summed E-state index contributed by atoms with van der Waals surface area (Å²) in [6, 6.07) is 23.3. The highest BCUT2D eigenvalue weighted by Crippen LogP contribution is 2.31. The molecule has 0 atom stereocenters. The molecular weight excluding hydrogens is 352 g/mol. The molecule has 0 aliphatic rings. The molecule has 26 heavy (non-hydrogen) atoms. The number of halogens is 1. The van der Waals surface area contributed by atoms with Gasteiger partial charge >= 0.3 is 6.16 Å². The van der Waals surface area contributed by atoms with Gasteiger partial charge in [-0.3, -0.25) is 4.79 Å². The summed E-state index contributed by atoms with van der Waals surface area (Å²) in [6.45, 7) is 0.0917. The number of rotatable bonds is 5. The Labute approximate surface area is 155 Å². The van der Waals surface area contributed by atoms with E-state index in [-0.39, 0.29) is 17.9 Å². The highest BCUT2D eigenvalue weighted by atomic mass is 35.5. The SMILES string of the molecule is O=C(OCc1ccccc1)Oc1cc(C(=O)Cl)ccc1-c1ccccc1. The maximum absolute atomic E-state index is 12.1. The Morgan fingerprint density at radius 2 is 1.50 bits per heavy atom. The van der Waals surface area contributed by atoms with Crippen LogP contribution in [0.15, 0.2) is 78.9 Å². The van der Waals surface area contributed by atoms with Crippen LogP contribution in [0.25, 0.3) is 11.1 Å². The lowest BCUT2D eigenvalue weighted by Gasteiger charge is -2.11. The third-order valence-corrected chi connectivity index (χ3v) is 3.90. The first-order valence-corrected chi connectivity index (χ1v) is 8.29. The molecule has 3 rings (SSSR count). The van der Waals surface area contributed by atoms with Crippen LogP contribution in [-0.4, -0.2) is 11.4 Å². The molecule has 0 unspecified atom stereocenters. The van der Waals surface area contributed by atoms with E-state index >= 15 is 0 Å². The Morgan fingerprint density at radius 1 is 0.846 bits per heavy atom. The minimum Gasteiger partial charge on any atom is -0.429 e. The van der Waals surface area contributed by atoms with Gasteiger partial charge in [-0.25, -0.2) is 4.79 Å². The zero-order valence-electron chi connectivity index (χ0n) is 13.7. The Morgan fingerprint density at radius 3 is 2.15 bits per heavy atom. The molecule has 0 saturated heterocycles. The van der Waals surface area contributed by atoms with Crippen LogP contribution >= 0.6 is 11.6 Å². The van der Waals surface area contributed by atoms with E-state index in [4.69, 9.17) is 21.1 Å². The highest BCUT2D eigenvalue weighted by molar-refractivity contribution is 6.67. The van der Waals surface area contributed by atoms with Gasteiger partial charge in [0.25, 0.3) is 5.24 Å². The zero-order chi connectivity index (χ0) is 18.4. The van der Waals surface area contributed by atoms with Gasteiger partial charge in [0.15, 0.2) is 0 Å². The first kappa shape index (κ1) is 17.7. The monoisotopic (exact) mass is 366 g/mol. The molecule has 0 aliphatic heterocycles. The van der Waals surface area contributed by atoms with Crippen LogP contribution in [0.1, 0.15) is 15.9 Å². The summed E-state index contributed by atoms with van der Waals surface area (Å²) in [5.74, 6) is 0.209. The van der Waals surface area contributed by atoms with E-state index in [1.165, 1.54) is 6.07 Å². The summed E-state index contributed by atoms with van der Waals surface area (Å²) in [6.07, 6.45) is -0.856. The van der Waals surface area contributed by atoms with Gasteiger partial charge in [0.1, 0.15) is 12.4 Å². The Kier molecular flexibility index (Phi) is 5.66. The number of hydrogen-bond donors (Lipinski definition) is 0. The molecule has 3 aromatic rings. The van der Waals surface area contributed by atoms with Crippen molar-refractivity contribution in [3.63, 3.8) is 0 Å². The van der Waals surface area contributed by atoms with E-state index in [1.54, 1.807) is 12.1 Å². The van der Waals surface area contributed by atoms with Crippen molar-refractivity contribution in [1.82, 2.24) is 0 Å². The molecule has 0 radical (unpaired) electrons. The van der Waals surface area contributed by atoms with Gasteiger partial charge in [-0.1, -0.05) is 60.7 Å². The minimum atomic E-state index is -0.856. The normalized spacial score (nSPS) is 10.2. The molecule has 0 bridgehead atoms. The summed E-state index contributed by atoms with van der Waals surface area (Å²) in [4.78, 5) is 23.5. The molecule has 0 aliphatic carbocycles. The average molecular weight is 367 g/mol. The molecule has 0 aromatic heterocycles. The Hall–Kier alpha value is -3.11.